The lowest BCUT2D eigenvalue weighted by Gasteiger charge is -2.30. The van der Waals surface area contributed by atoms with Gasteiger partial charge in [-0.3, -0.25) is 9.69 Å². The van der Waals surface area contributed by atoms with Gasteiger partial charge in [-0.2, -0.15) is 4.98 Å². The van der Waals surface area contributed by atoms with Gasteiger partial charge in [-0.05, 0) is 68.3 Å². The molecule has 2 aromatic carbocycles. The van der Waals surface area contributed by atoms with E-state index in [2.05, 4.69) is 36.3 Å². The van der Waals surface area contributed by atoms with Crippen molar-refractivity contribution in [2.75, 3.05) is 18.4 Å². The maximum Gasteiger partial charge on any atom is 0.241 e. The van der Waals surface area contributed by atoms with E-state index in [-0.39, 0.29) is 11.8 Å². The van der Waals surface area contributed by atoms with Crippen LogP contribution in [0, 0.1) is 12.8 Å². The topological polar surface area (TPSA) is 71.3 Å². The van der Waals surface area contributed by atoms with Gasteiger partial charge in [0.25, 0.3) is 0 Å². The van der Waals surface area contributed by atoms with Gasteiger partial charge in [0.1, 0.15) is 0 Å². The average Bonchev–Trinajstić information content (AvgIpc) is 3.17. The number of anilines is 1. The van der Waals surface area contributed by atoms with Crippen molar-refractivity contribution in [2.24, 2.45) is 5.92 Å². The first-order valence-electron chi connectivity index (χ1n) is 9.75. The minimum absolute atomic E-state index is 0.0434. The summed E-state index contributed by atoms with van der Waals surface area (Å²) in [7, 11) is 0. The number of carbonyl (C=O) groups is 1. The number of hydrogen-bond donors (Lipinski definition) is 1. The molecule has 0 saturated carbocycles. The van der Waals surface area contributed by atoms with E-state index in [9.17, 15) is 4.79 Å². The maximum atomic E-state index is 12.7. The van der Waals surface area contributed by atoms with Crippen molar-refractivity contribution < 1.29 is 9.32 Å². The van der Waals surface area contributed by atoms with Gasteiger partial charge in [0, 0.05) is 22.3 Å². The van der Waals surface area contributed by atoms with Crippen LogP contribution in [0.2, 0.25) is 0 Å². The second kappa shape index (κ2) is 8.88. The number of halogens is 1. The van der Waals surface area contributed by atoms with E-state index in [1.165, 1.54) is 0 Å². The van der Waals surface area contributed by atoms with Crippen LogP contribution in [0.1, 0.15) is 24.3 Å². The van der Waals surface area contributed by atoms with Crippen molar-refractivity contribution >= 4 is 27.5 Å². The third-order valence-corrected chi connectivity index (χ3v) is 5.62. The van der Waals surface area contributed by atoms with Crippen molar-refractivity contribution in [2.45, 2.75) is 26.3 Å². The third-order valence-electron chi connectivity index (χ3n) is 5.09. The summed E-state index contributed by atoms with van der Waals surface area (Å²) >= 11 is 3.43. The molecule has 2 heterocycles. The maximum absolute atomic E-state index is 12.7. The second-order valence-electron chi connectivity index (χ2n) is 7.45. The molecule has 1 aromatic heterocycles. The van der Waals surface area contributed by atoms with Crippen molar-refractivity contribution in [3.63, 3.8) is 0 Å². The zero-order valence-corrected chi connectivity index (χ0v) is 17.9. The molecule has 1 aliphatic rings. The number of benzene rings is 2. The Kier molecular flexibility index (Phi) is 6.06. The van der Waals surface area contributed by atoms with Gasteiger partial charge in [0.05, 0.1) is 12.5 Å². The highest BCUT2D eigenvalue weighted by Gasteiger charge is 2.27. The van der Waals surface area contributed by atoms with Crippen LogP contribution in [0.25, 0.3) is 11.4 Å². The lowest BCUT2D eigenvalue weighted by atomic mass is 9.97. The zero-order chi connectivity index (χ0) is 20.2. The van der Waals surface area contributed by atoms with Crippen molar-refractivity contribution in [3.05, 3.63) is 64.5 Å². The van der Waals surface area contributed by atoms with Gasteiger partial charge in [0.2, 0.25) is 17.6 Å². The predicted octanol–water partition coefficient (Wildman–Crippen LogP) is 4.66. The highest BCUT2D eigenvalue weighted by molar-refractivity contribution is 9.10. The normalized spacial score (nSPS) is 17.2. The fourth-order valence-corrected chi connectivity index (χ4v) is 3.87. The van der Waals surface area contributed by atoms with Crippen molar-refractivity contribution in [1.29, 1.82) is 0 Å². The second-order valence-corrected chi connectivity index (χ2v) is 8.37. The lowest BCUT2D eigenvalue weighted by Crippen LogP contribution is -2.40. The summed E-state index contributed by atoms with van der Waals surface area (Å²) < 4.78 is 6.45. The molecule has 150 valence electrons. The Morgan fingerprint density at radius 1 is 1.28 bits per heavy atom. The Bertz CT molecular complexity index is 986. The molecule has 29 heavy (non-hydrogen) atoms. The smallest absolute Gasteiger partial charge is 0.241 e. The van der Waals surface area contributed by atoms with Crippen LogP contribution < -0.4 is 5.32 Å². The van der Waals surface area contributed by atoms with Crippen LogP contribution in [-0.2, 0) is 11.3 Å². The summed E-state index contributed by atoms with van der Waals surface area (Å²) in [5, 5.41) is 7.14. The molecule has 1 aliphatic heterocycles. The van der Waals surface area contributed by atoms with E-state index < -0.39 is 0 Å². The number of piperidine rings is 1. The van der Waals surface area contributed by atoms with E-state index in [0.29, 0.717) is 24.8 Å². The third kappa shape index (κ3) is 5.10. The Hall–Kier alpha value is -2.51. The zero-order valence-electron chi connectivity index (χ0n) is 16.3. The number of hydrogen-bond acceptors (Lipinski definition) is 5. The fraction of sp³-hybridized carbons (Fsp3) is 0.318. The average molecular weight is 455 g/mol. The van der Waals surface area contributed by atoms with Crippen LogP contribution in [-0.4, -0.2) is 34.0 Å². The van der Waals surface area contributed by atoms with Gasteiger partial charge in [-0.1, -0.05) is 33.2 Å². The van der Waals surface area contributed by atoms with Gasteiger partial charge in [-0.15, -0.1) is 0 Å². The van der Waals surface area contributed by atoms with Crippen LogP contribution in [0.4, 0.5) is 5.69 Å². The monoisotopic (exact) mass is 454 g/mol. The number of likely N-dealkylation sites (tertiary alicyclic amines) is 1. The molecule has 0 radical (unpaired) electrons. The molecule has 7 heteroatoms. The molecule has 4 rings (SSSR count). The Morgan fingerprint density at radius 3 is 2.90 bits per heavy atom. The number of aromatic nitrogens is 2. The van der Waals surface area contributed by atoms with Gasteiger partial charge >= 0.3 is 0 Å². The molecule has 1 amide bonds. The van der Waals surface area contributed by atoms with Gasteiger partial charge in [-0.25, -0.2) is 0 Å². The highest BCUT2D eigenvalue weighted by Crippen LogP contribution is 2.22. The van der Waals surface area contributed by atoms with Crippen LogP contribution in [0.5, 0.6) is 0 Å². The van der Waals surface area contributed by atoms with Crippen LogP contribution >= 0.6 is 15.9 Å². The van der Waals surface area contributed by atoms with Crippen LogP contribution in [0.3, 0.4) is 0 Å². The number of aryl methyl sites for hydroxylation is 1. The molecule has 1 N–H and O–H groups in total. The lowest BCUT2D eigenvalue weighted by molar-refractivity contribution is -0.121. The molecule has 0 aliphatic carbocycles. The summed E-state index contributed by atoms with van der Waals surface area (Å²) in [4.78, 5) is 19.4. The summed E-state index contributed by atoms with van der Waals surface area (Å²) in [5.41, 5.74) is 2.89. The van der Waals surface area contributed by atoms with Crippen molar-refractivity contribution in [1.82, 2.24) is 15.0 Å². The minimum Gasteiger partial charge on any atom is -0.338 e. The number of nitrogens with one attached hydrogen (secondary N) is 1. The summed E-state index contributed by atoms with van der Waals surface area (Å²) in [5.74, 6) is 1.18. The van der Waals surface area contributed by atoms with Gasteiger partial charge < -0.3 is 9.84 Å². The molecule has 1 unspecified atom stereocenters. The molecule has 0 spiro atoms. The summed E-state index contributed by atoms with van der Waals surface area (Å²) in [6, 6.07) is 15.7. The van der Waals surface area contributed by atoms with E-state index in [1.54, 1.807) is 0 Å². The summed E-state index contributed by atoms with van der Waals surface area (Å²) in [6.45, 7) is 4.18. The molecule has 6 nitrogen and oxygen atoms in total. The van der Waals surface area contributed by atoms with E-state index in [4.69, 9.17) is 4.52 Å². The first-order valence-corrected chi connectivity index (χ1v) is 10.5. The minimum atomic E-state index is -0.0434. The number of carbonyl (C=O) groups excluding carboxylic acids is 1. The van der Waals surface area contributed by atoms with Crippen molar-refractivity contribution in [3.8, 4) is 11.4 Å². The molecule has 1 atom stereocenters. The summed E-state index contributed by atoms with van der Waals surface area (Å²) in [6.07, 6.45) is 1.86. The molecule has 1 fully saturated rings. The first-order chi connectivity index (χ1) is 14.1. The Morgan fingerprint density at radius 2 is 2.10 bits per heavy atom. The van der Waals surface area contributed by atoms with Crippen LogP contribution in [0.15, 0.2) is 57.5 Å². The fourth-order valence-electron chi connectivity index (χ4n) is 3.61. The van der Waals surface area contributed by atoms with E-state index >= 15 is 0 Å². The van der Waals surface area contributed by atoms with E-state index in [1.807, 2.05) is 55.5 Å². The predicted molar refractivity (Wildman–Crippen MR) is 115 cm³/mol. The molecular weight excluding hydrogens is 432 g/mol. The van der Waals surface area contributed by atoms with Gasteiger partial charge in [0.15, 0.2) is 0 Å². The molecular formula is C22H23BrN4O2. The molecule has 0 bridgehead atoms. The largest absolute Gasteiger partial charge is 0.338 e. The van der Waals surface area contributed by atoms with E-state index in [0.717, 1.165) is 40.7 Å². The molecule has 1 saturated heterocycles. The first kappa shape index (κ1) is 19.8. The Labute approximate surface area is 178 Å². The quantitative estimate of drug-likeness (QED) is 0.606. The number of rotatable bonds is 5. The highest BCUT2D eigenvalue weighted by atomic mass is 79.9. The number of amides is 1. The standard InChI is InChI=1S/C22H23BrN4O2/c1-15-4-2-6-19(12-15)24-22(28)17-5-3-11-27(13-17)14-20-25-21(26-29-20)16-7-9-18(23)10-8-16/h2,4,6-10,12,17H,3,5,11,13-14H2,1H3,(H,24,28). The Balaban J connectivity index is 1.36. The number of nitrogens with zero attached hydrogens (tertiary/aromatic N) is 3. The SMILES string of the molecule is Cc1cccc(NC(=O)C2CCCN(Cc3nc(-c4ccc(Br)cc4)no3)C2)c1. The molecule has 3 aromatic rings.